The largest absolute Gasteiger partial charge is 0.269 e. The molecular formula is C16H15N3O6S3. The number of sulfonamides is 2. The Labute approximate surface area is 166 Å². The molecule has 28 heavy (non-hydrogen) atoms. The number of non-ortho nitro benzene ring substituents is 1. The van der Waals surface area contributed by atoms with E-state index in [-0.39, 0.29) is 16.3 Å². The molecule has 0 saturated carbocycles. The van der Waals surface area contributed by atoms with Crippen LogP contribution in [0.25, 0.3) is 0 Å². The molecule has 0 bridgehead atoms. The van der Waals surface area contributed by atoms with Gasteiger partial charge >= 0.3 is 0 Å². The lowest BCUT2D eigenvalue weighted by atomic mass is 10.2. The molecular weight excluding hydrogens is 426 g/mol. The maximum Gasteiger partial charge on any atom is 0.269 e. The molecule has 1 aliphatic heterocycles. The molecule has 148 valence electrons. The average molecular weight is 442 g/mol. The summed E-state index contributed by atoms with van der Waals surface area (Å²) >= 11 is 0.985. The zero-order valence-electron chi connectivity index (χ0n) is 14.2. The molecule has 3 rings (SSSR count). The predicted octanol–water partition coefficient (Wildman–Crippen LogP) is 2.21. The Morgan fingerprint density at radius 3 is 2.29 bits per heavy atom. The Balaban J connectivity index is 1.79. The van der Waals surface area contributed by atoms with Gasteiger partial charge in [0.05, 0.1) is 15.6 Å². The van der Waals surface area contributed by atoms with Gasteiger partial charge in [-0.1, -0.05) is 42.1 Å². The van der Waals surface area contributed by atoms with Crippen molar-refractivity contribution in [1.29, 1.82) is 0 Å². The molecule has 1 N–H and O–H groups in total. The average Bonchev–Trinajstić information content (AvgIpc) is 3.10. The van der Waals surface area contributed by atoms with Crippen LogP contribution in [0.1, 0.15) is 5.56 Å². The van der Waals surface area contributed by atoms with Gasteiger partial charge in [-0.25, -0.2) is 21.1 Å². The van der Waals surface area contributed by atoms with Crippen molar-refractivity contribution in [2.75, 3.05) is 0 Å². The van der Waals surface area contributed by atoms with Gasteiger partial charge in [-0.15, -0.1) is 0 Å². The Bertz CT molecular complexity index is 1100. The summed E-state index contributed by atoms with van der Waals surface area (Å²) in [7, 11) is -7.92. The van der Waals surface area contributed by atoms with Gasteiger partial charge in [-0.3, -0.25) is 10.1 Å². The Hall–Kier alpha value is -2.41. The van der Waals surface area contributed by atoms with Crippen molar-refractivity contribution in [3.05, 3.63) is 81.9 Å². The molecule has 0 radical (unpaired) electrons. The number of hydrogen-bond donors (Lipinski definition) is 1. The zero-order chi connectivity index (χ0) is 20.4. The van der Waals surface area contributed by atoms with Crippen LogP contribution < -0.4 is 4.72 Å². The van der Waals surface area contributed by atoms with Crippen LogP contribution in [0.2, 0.25) is 0 Å². The summed E-state index contributed by atoms with van der Waals surface area (Å²) in [5.74, 6) is -0.295. The number of rotatable bonds is 7. The van der Waals surface area contributed by atoms with Crippen LogP contribution in [-0.4, -0.2) is 31.6 Å². The second-order valence-electron chi connectivity index (χ2n) is 5.72. The summed E-state index contributed by atoms with van der Waals surface area (Å²) in [5, 5.41) is 12.2. The second kappa shape index (κ2) is 7.91. The van der Waals surface area contributed by atoms with Crippen LogP contribution in [0.15, 0.2) is 71.1 Å². The summed E-state index contributed by atoms with van der Waals surface area (Å²) < 4.78 is 53.8. The smallest absolute Gasteiger partial charge is 0.258 e. The van der Waals surface area contributed by atoms with Crippen LogP contribution in [-0.2, 0) is 25.8 Å². The van der Waals surface area contributed by atoms with Crippen molar-refractivity contribution in [2.45, 2.75) is 16.1 Å². The lowest BCUT2D eigenvalue weighted by molar-refractivity contribution is -0.384. The van der Waals surface area contributed by atoms with Gasteiger partial charge in [-0.05, 0) is 23.1 Å². The fraction of sp³-hybridized carbons (Fsp3) is 0.125. The molecule has 0 aromatic heterocycles. The molecule has 0 spiro atoms. The van der Waals surface area contributed by atoms with E-state index in [4.69, 9.17) is 0 Å². The van der Waals surface area contributed by atoms with Crippen molar-refractivity contribution >= 4 is 37.5 Å². The number of nitrogens with one attached hydrogen (secondary N) is 1. The normalized spacial score (nSPS) is 17.0. The third-order valence-corrected chi connectivity index (χ3v) is 7.96. The summed E-state index contributed by atoms with van der Waals surface area (Å²) in [6.07, 6.45) is 1.25. The zero-order valence-corrected chi connectivity index (χ0v) is 16.7. The van der Waals surface area contributed by atoms with E-state index in [1.165, 1.54) is 11.6 Å². The minimum absolute atomic E-state index is 0.183. The predicted molar refractivity (Wildman–Crippen MR) is 105 cm³/mol. The van der Waals surface area contributed by atoms with Crippen LogP contribution in [0, 0.1) is 10.1 Å². The van der Waals surface area contributed by atoms with E-state index in [1.54, 1.807) is 30.3 Å². The van der Waals surface area contributed by atoms with Crippen LogP contribution in [0.3, 0.4) is 0 Å². The first-order valence-corrected chi connectivity index (χ1v) is 11.9. The van der Waals surface area contributed by atoms with Crippen molar-refractivity contribution < 1.29 is 21.8 Å². The van der Waals surface area contributed by atoms with Gasteiger partial charge in [-0.2, -0.15) is 4.72 Å². The first-order chi connectivity index (χ1) is 13.2. The monoisotopic (exact) mass is 441 g/mol. The number of benzene rings is 2. The van der Waals surface area contributed by atoms with Gasteiger partial charge in [0, 0.05) is 18.3 Å². The molecule has 1 atom stereocenters. The number of nitrogens with zero attached hydrogens (tertiary/aromatic N) is 2. The van der Waals surface area contributed by atoms with Crippen molar-refractivity contribution in [3.8, 4) is 0 Å². The highest BCUT2D eigenvalue weighted by atomic mass is 32.2. The van der Waals surface area contributed by atoms with E-state index >= 15 is 0 Å². The standard InChI is InChI=1S/C16H15N3O6S3/c20-19(21)14-6-8-15(9-7-14)28(24,25)18-10-11-26-16(18)17-27(22,23)12-13-4-2-1-3-5-13/h1-11,16-17H,12H2. The Morgan fingerprint density at radius 1 is 1.04 bits per heavy atom. The minimum atomic E-state index is -4.10. The minimum Gasteiger partial charge on any atom is -0.258 e. The maximum atomic E-state index is 12.8. The third kappa shape index (κ3) is 4.52. The summed E-state index contributed by atoms with van der Waals surface area (Å²) in [6.45, 7) is 0. The molecule has 2 aromatic carbocycles. The maximum absolute atomic E-state index is 12.8. The summed E-state index contributed by atoms with van der Waals surface area (Å²) in [5.41, 5.74) is -0.768. The lowest BCUT2D eigenvalue weighted by Crippen LogP contribution is -2.44. The van der Waals surface area contributed by atoms with E-state index < -0.39 is 30.5 Å². The second-order valence-corrected chi connectivity index (χ2v) is 10.3. The molecule has 1 heterocycles. The topological polar surface area (TPSA) is 127 Å². The Kier molecular flexibility index (Phi) is 5.74. The highest BCUT2D eigenvalue weighted by Crippen LogP contribution is 2.31. The number of nitro benzene ring substituents is 1. The molecule has 0 amide bonds. The number of nitro groups is 1. The quantitative estimate of drug-likeness (QED) is 0.515. The van der Waals surface area contributed by atoms with Gasteiger partial charge < -0.3 is 0 Å². The third-order valence-electron chi connectivity index (χ3n) is 3.75. The molecule has 12 heteroatoms. The molecule has 0 fully saturated rings. The van der Waals surface area contributed by atoms with Gasteiger partial charge in [0.25, 0.3) is 15.7 Å². The van der Waals surface area contributed by atoms with Gasteiger partial charge in [0.15, 0.2) is 5.50 Å². The molecule has 0 saturated heterocycles. The van der Waals surface area contributed by atoms with Crippen molar-refractivity contribution in [3.63, 3.8) is 0 Å². The molecule has 1 aliphatic rings. The Morgan fingerprint density at radius 2 is 1.68 bits per heavy atom. The van der Waals surface area contributed by atoms with E-state index in [1.807, 2.05) is 0 Å². The van der Waals surface area contributed by atoms with Crippen LogP contribution >= 0.6 is 11.8 Å². The first-order valence-electron chi connectivity index (χ1n) is 7.83. The van der Waals surface area contributed by atoms with Crippen LogP contribution in [0.4, 0.5) is 5.69 Å². The van der Waals surface area contributed by atoms with Gasteiger partial charge in [0.1, 0.15) is 0 Å². The number of hydrogen-bond acceptors (Lipinski definition) is 7. The van der Waals surface area contributed by atoms with E-state index in [9.17, 15) is 26.9 Å². The highest BCUT2D eigenvalue weighted by Gasteiger charge is 2.34. The number of thioether (sulfide) groups is 1. The molecule has 9 nitrogen and oxygen atoms in total. The highest BCUT2D eigenvalue weighted by molar-refractivity contribution is 8.04. The first kappa shape index (κ1) is 20.3. The van der Waals surface area contributed by atoms with Crippen molar-refractivity contribution in [2.24, 2.45) is 0 Å². The summed E-state index contributed by atoms with van der Waals surface area (Å²) in [4.78, 5) is 9.91. The summed E-state index contributed by atoms with van der Waals surface area (Å²) in [6, 6.07) is 12.9. The fourth-order valence-electron chi connectivity index (χ4n) is 2.44. The lowest BCUT2D eigenvalue weighted by Gasteiger charge is -2.25. The molecule has 0 aliphatic carbocycles. The SMILES string of the molecule is O=[N+]([O-])c1ccc(S(=O)(=O)N2C=CSC2NS(=O)(=O)Cc2ccccc2)cc1. The van der Waals surface area contributed by atoms with Crippen molar-refractivity contribution in [1.82, 2.24) is 9.03 Å². The van der Waals surface area contributed by atoms with Crippen LogP contribution in [0.5, 0.6) is 0 Å². The van der Waals surface area contributed by atoms with E-state index in [0.29, 0.717) is 5.56 Å². The molecule has 2 aromatic rings. The molecule has 1 unspecified atom stereocenters. The fourth-order valence-corrected chi connectivity index (χ4v) is 6.66. The van der Waals surface area contributed by atoms with Gasteiger partial charge in [0.2, 0.25) is 10.0 Å². The van der Waals surface area contributed by atoms with E-state index in [0.717, 1.165) is 40.3 Å². The van der Waals surface area contributed by atoms with E-state index in [2.05, 4.69) is 4.72 Å².